The number of fused-ring (bicyclic) bond motifs is 3. The topological polar surface area (TPSA) is 0 Å². The van der Waals surface area contributed by atoms with Gasteiger partial charge in [0.1, 0.15) is 0 Å². The van der Waals surface area contributed by atoms with Gasteiger partial charge in [-0.15, -0.1) is 0 Å². The van der Waals surface area contributed by atoms with E-state index in [-0.39, 0.29) is 0 Å². The molecule has 0 unspecified atom stereocenters. The molecule has 0 saturated heterocycles. The van der Waals surface area contributed by atoms with Gasteiger partial charge in [-0.05, 0) is 57.6 Å². The highest BCUT2D eigenvalue weighted by Gasteiger charge is 2.07. The van der Waals surface area contributed by atoms with Crippen LogP contribution in [0.15, 0.2) is 66.7 Å². The van der Waals surface area contributed by atoms with Crippen LogP contribution in [-0.4, -0.2) is 0 Å². The SMILES string of the molecule is Clc1ccc(-c2cc3ccccc3c3ccc#cc23)cc1. The summed E-state index contributed by atoms with van der Waals surface area (Å²) in [7, 11) is 0. The summed E-state index contributed by atoms with van der Waals surface area (Å²) < 4.78 is 0. The van der Waals surface area contributed by atoms with Gasteiger partial charge in [0.25, 0.3) is 0 Å². The van der Waals surface area contributed by atoms with E-state index in [9.17, 15) is 0 Å². The molecule has 0 bridgehead atoms. The van der Waals surface area contributed by atoms with Crippen molar-refractivity contribution in [2.75, 3.05) is 0 Å². The zero-order chi connectivity index (χ0) is 14.2. The predicted molar refractivity (Wildman–Crippen MR) is 89.6 cm³/mol. The highest BCUT2D eigenvalue weighted by atomic mass is 35.5. The maximum Gasteiger partial charge on any atom is 0.0406 e. The third-order valence-electron chi connectivity index (χ3n) is 3.78. The van der Waals surface area contributed by atoms with Gasteiger partial charge in [0, 0.05) is 10.4 Å². The molecule has 0 heterocycles. The Hall–Kier alpha value is -2.49. The Morgan fingerprint density at radius 3 is 2.48 bits per heavy atom. The fraction of sp³-hybridized carbons (Fsp3) is 0. The second kappa shape index (κ2) is 4.81. The van der Waals surface area contributed by atoms with Crippen molar-refractivity contribution < 1.29 is 0 Å². The highest BCUT2D eigenvalue weighted by molar-refractivity contribution is 6.30. The average Bonchev–Trinajstić information content (AvgIpc) is 2.55. The Balaban J connectivity index is 2.13. The zero-order valence-corrected chi connectivity index (χ0v) is 12.0. The van der Waals surface area contributed by atoms with Crippen LogP contribution in [0.5, 0.6) is 0 Å². The lowest BCUT2D eigenvalue weighted by Gasteiger charge is -2.09. The fourth-order valence-electron chi connectivity index (χ4n) is 2.78. The first-order chi connectivity index (χ1) is 10.3. The van der Waals surface area contributed by atoms with Crippen LogP contribution < -0.4 is 0 Å². The molecule has 0 aliphatic rings. The molecule has 1 heteroatoms. The fourth-order valence-corrected chi connectivity index (χ4v) is 2.91. The molecule has 0 aromatic heterocycles. The second-order valence-corrected chi connectivity index (χ2v) is 5.48. The van der Waals surface area contributed by atoms with Crippen molar-refractivity contribution in [3.8, 4) is 11.1 Å². The van der Waals surface area contributed by atoms with Crippen molar-refractivity contribution in [2.24, 2.45) is 0 Å². The van der Waals surface area contributed by atoms with E-state index >= 15 is 0 Å². The molecular formula is C20H11Cl. The molecule has 0 amide bonds. The summed E-state index contributed by atoms with van der Waals surface area (Å²) >= 11 is 6.00. The lowest BCUT2D eigenvalue weighted by Crippen LogP contribution is -1.83. The zero-order valence-electron chi connectivity index (χ0n) is 11.2. The van der Waals surface area contributed by atoms with E-state index in [1.165, 1.54) is 16.2 Å². The van der Waals surface area contributed by atoms with Crippen LogP contribution >= 0.6 is 11.6 Å². The van der Waals surface area contributed by atoms with Gasteiger partial charge < -0.3 is 0 Å². The second-order valence-electron chi connectivity index (χ2n) is 5.04. The maximum absolute atomic E-state index is 6.00. The monoisotopic (exact) mass is 286 g/mol. The molecular weight excluding hydrogens is 276 g/mol. The summed E-state index contributed by atoms with van der Waals surface area (Å²) in [6, 6.07) is 28.9. The Morgan fingerprint density at radius 1 is 0.810 bits per heavy atom. The third-order valence-corrected chi connectivity index (χ3v) is 4.03. The number of rotatable bonds is 1. The first-order valence-corrected chi connectivity index (χ1v) is 7.20. The highest BCUT2D eigenvalue weighted by Crippen LogP contribution is 2.34. The molecule has 0 N–H and O–H groups in total. The number of hydrogen-bond acceptors (Lipinski definition) is 0. The van der Waals surface area contributed by atoms with Gasteiger partial charge in [-0.1, -0.05) is 60.1 Å². The predicted octanol–water partition coefficient (Wildman–Crippen LogP) is 5.91. The molecule has 0 aliphatic carbocycles. The van der Waals surface area contributed by atoms with Crippen LogP contribution in [0.2, 0.25) is 5.02 Å². The minimum atomic E-state index is 0.749. The maximum atomic E-state index is 6.00. The molecule has 0 spiro atoms. The molecule has 0 nitrogen and oxygen atoms in total. The smallest absolute Gasteiger partial charge is 0.0406 e. The standard InChI is InChI=1S/C20H11Cl/c21-16-11-9-14(10-12-16)20-13-15-5-1-2-6-17(15)18-7-3-4-8-19(18)20/h1-3,5-7,9-13H. The van der Waals surface area contributed by atoms with Crippen LogP contribution in [0.25, 0.3) is 32.7 Å². The van der Waals surface area contributed by atoms with Gasteiger partial charge in [0.2, 0.25) is 0 Å². The van der Waals surface area contributed by atoms with Crippen LogP contribution in [0.1, 0.15) is 0 Å². The van der Waals surface area contributed by atoms with Crippen molar-refractivity contribution >= 4 is 33.1 Å². The summed E-state index contributed by atoms with van der Waals surface area (Å²) in [5, 5.41) is 5.53. The summed E-state index contributed by atoms with van der Waals surface area (Å²) in [6.45, 7) is 0. The van der Waals surface area contributed by atoms with Gasteiger partial charge in [0.15, 0.2) is 0 Å². The van der Waals surface area contributed by atoms with Gasteiger partial charge in [0.05, 0.1) is 0 Å². The van der Waals surface area contributed by atoms with Gasteiger partial charge >= 0.3 is 0 Å². The van der Waals surface area contributed by atoms with Crippen molar-refractivity contribution in [2.45, 2.75) is 0 Å². The van der Waals surface area contributed by atoms with Gasteiger partial charge in [-0.3, -0.25) is 0 Å². The minimum absolute atomic E-state index is 0.749. The summed E-state index contributed by atoms with van der Waals surface area (Å²) in [4.78, 5) is 0. The molecule has 4 rings (SSSR count). The van der Waals surface area contributed by atoms with Gasteiger partial charge in [-0.2, -0.15) is 0 Å². The van der Waals surface area contributed by atoms with Crippen molar-refractivity contribution in [1.82, 2.24) is 0 Å². The Bertz CT molecular complexity index is 937. The van der Waals surface area contributed by atoms with Gasteiger partial charge in [-0.25, -0.2) is 0 Å². The largest absolute Gasteiger partial charge is 0.0843 e. The van der Waals surface area contributed by atoms with E-state index < -0.39 is 0 Å². The minimum Gasteiger partial charge on any atom is -0.0843 e. The quantitative estimate of drug-likeness (QED) is 0.408. The molecule has 0 aliphatic heterocycles. The average molecular weight is 287 g/mol. The van der Waals surface area contributed by atoms with Crippen LogP contribution in [0.4, 0.5) is 0 Å². The first-order valence-electron chi connectivity index (χ1n) is 6.83. The lowest BCUT2D eigenvalue weighted by atomic mass is 9.94. The van der Waals surface area contributed by atoms with Crippen LogP contribution in [0, 0.1) is 12.1 Å². The van der Waals surface area contributed by atoms with E-state index in [4.69, 9.17) is 11.6 Å². The van der Waals surface area contributed by atoms with E-state index in [0.717, 1.165) is 21.5 Å². The molecule has 0 atom stereocenters. The Kier molecular flexibility index (Phi) is 2.81. The van der Waals surface area contributed by atoms with Crippen LogP contribution in [0.3, 0.4) is 0 Å². The summed E-state index contributed by atoms with van der Waals surface area (Å²) in [5.41, 5.74) is 2.31. The van der Waals surface area contributed by atoms with Crippen molar-refractivity contribution in [1.29, 1.82) is 0 Å². The molecule has 4 aromatic rings. The summed E-state index contributed by atoms with van der Waals surface area (Å²) in [6.07, 6.45) is 0. The Labute approximate surface area is 128 Å². The molecule has 4 aromatic carbocycles. The summed E-state index contributed by atoms with van der Waals surface area (Å²) in [5.74, 6) is 0. The first kappa shape index (κ1) is 12.3. The normalized spacial score (nSPS) is 10.7. The third kappa shape index (κ3) is 2.03. The molecule has 0 fully saturated rings. The van der Waals surface area contributed by atoms with Crippen molar-refractivity contribution in [3.63, 3.8) is 0 Å². The molecule has 0 radical (unpaired) electrons. The van der Waals surface area contributed by atoms with Crippen LogP contribution in [-0.2, 0) is 0 Å². The number of benzene rings is 3. The molecule has 21 heavy (non-hydrogen) atoms. The lowest BCUT2D eigenvalue weighted by molar-refractivity contribution is 1.67. The molecule has 0 saturated carbocycles. The van der Waals surface area contributed by atoms with E-state index in [0.29, 0.717) is 0 Å². The number of halogens is 1. The van der Waals surface area contributed by atoms with E-state index in [2.05, 4.69) is 48.5 Å². The molecule has 98 valence electrons. The number of hydrogen-bond donors (Lipinski definition) is 0. The van der Waals surface area contributed by atoms with E-state index in [1.54, 1.807) is 0 Å². The van der Waals surface area contributed by atoms with E-state index in [1.807, 2.05) is 30.3 Å². The van der Waals surface area contributed by atoms with Crippen molar-refractivity contribution in [3.05, 3.63) is 83.9 Å². The Morgan fingerprint density at radius 2 is 1.62 bits per heavy atom.